The normalized spacial score (nSPS) is 10.0. The first kappa shape index (κ1) is 11.5. The number of hydrogen-bond acceptors (Lipinski definition) is 2. The van der Waals surface area contributed by atoms with Crippen LogP contribution in [-0.2, 0) is 11.8 Å². The van der Waals surface area contributed by atoms with Gasteiger partial charge >= 0.3 is 0 Å². The maximum Gasteiger partial charge on any atom is 0.127 e. The molecule has 0 saturated heterocycles. The van der Waals surface area contributed by atoms with Crippen molar-refractivity contribution < 1.29 is 9.47 Å². The van der Waals surface area contributed by atoms with E-state index in [9.17, 15) is 0 Å². The number of methoxy groups -OCH3 is 2. The van der Waals surface area contributed by atoms with Crippen molar-refractivity contribution in [3.05, 3.63) is 23.3 Å². The number of halogens is 2. The predicted octanol–water partition coefficient (Wildman–Crippen LogP) is 3.18. The van der Waals surface area contributed by atoms with Crippen LogP contribution in [0.4, 0.5) is 0 Å². The van der Waals surface area contributed by atoms with Crippen LogP contribution in [-0.4, -0.2) is 14.2 Å². The van der Waals surface area contributed by atoms with Gasteiger partial charge in [0.1, 0.15) is 11.5 Å². The van der Waals surface area contributed by atoms with Crippen molar-refractivity contribution in [3.63, 3.8) is 0 Å². The van der Waals surface area contributed by atoms with Crippen molar-refractivity contribution in [1.29, 1.82) is 0 Å². The van der Waals surface area contributed by atoms with Gasteiger partial charge in [-0.15, -0.1) is 23.2 Å². The van der Waals surface area contributed by atoms with Gasteiger partial charge in [-0.1, -0.05) is 0 Å². The standard InChI is InChI=1S/C10H12Cl2O2/c1-13-9-3-7(5-11)10(14-2)8(4-9)6-12/h3-4H,5-6H2,1-2H3. The third-order valence-electron chi connectivity index (χ3n) is 1.94. The lowest BCUT2D eigenvalue weighted by atomic mass is 10.1. The van der Waals surface area contributed by atoms with Gasteiger partial charge in [0.05, 0.1) is 26.0 Å². The van der Waals surface area contributed by atoms with E-state index >= 15 is 0 Å². The summed E-state index contributed by atoms with van der Waals surface area (Å²) in [6.07, 6.45) is 0. The molecule has 0 unspecified atom stereocenters. The van der Waals surface area contributed by atoms with Gasteiger partial charge in [-0.3, -0.25) is 0 Å². The molecule has 0 spiro atoms. The van der Waals surface area contributed by atoms with Gasteiger partial charge in [0.25, 0.3) is 0 Å². The summed E-state index contributed by atoms with van der Waals surface area (Å²) >= 11 is 11.6. The Bertz CT molecular complexity index is 288. The molecule has 1 aromatic carbocycles. The van der Waals surface area contributed by atoms with Gasteiger partial charge in [-0.05, 0) is 12.1 Å². The van der Waals surface area contributed by atoms with Crippen LogP contribution in [0.1, 0.15) is 11.1 Å². The molecular formula is C10H12Cl2O2. The summed E-state index contributed by atoms with van der Waals surface area (Å²) in [6, 6.07) is 3.70. The maximum absolute atomic E-state index is 5.79. The summed E-state index contributed by atoms with van der Waals surface area (Å²) in [5.74, 6) is 2.25. The van der Waals surface area contributed by atoms with Crippen molar-refractivity contribution >= 4 is 23.2 Å². The number of benzene rings is 1. The minimum absolute atomic E-state index is 0.379. The second-order valence-electron chi connectivity index (χ2n) is 2.75. The smallest absolute Gasteiger partial charge is 0.127 e. The number of hydrogen-bond donors (Lipinski definition) is 0. The first-order valence-corrected chi connectivity index (χ1v) is 5.19. The Kier molecular flexibility index (Phi) is 4.36. The molecule has 78 valence electrons. The molecule has 0 heterocycles. The lowest BCUT2D eigenvalue weighted by Crippen LogP contribution is -1.96. The van der Waals surface area contributed by atoms with Crippen LogP contribution in [0.5, 0.6) is 11.5 Å². The van der Waals surface area contributed by atoms with Crippen LogP contribution in [0.3, 0.4) is 0 Å². The summed E-state index contributed by atoms with van der Waals surface area (Å²) in [5.41, 5.74) is 1.79. The van der Waals surface area contributed by atoms with Gasteiger partial charge < -0.3 is 9.47 Å². The molecule has 0 N–H and O–H groups in total. The molecule has 0 saturated carbocycles. The molecule has 0 amide bonds. The van der Waals surface area contributed by atoms with Crippen LogP contribution in [0.2, 0.25) is 0 Å². The highest BCUT2D eigenvalue weighted by Crippen LogP contribution is 2.31. The molecule has 0 aliphatic heterocycles. The zero-order valence-electron chi connectivity index (χ0n) is 8.14. The van der Waals surface area contributed by atoms with Gasteiger partial charge in [0, 0.05) is 11.1 Å². The minimum atomic E-state index is 0.379. The number of alkyl halides is 2. The molecule has 14 heavy (non-hydrogen) atoms. The third-order valence-corrected chi connectivity index (χ3v) is 2.52. The SMILES string of the molecule is COc1cc(CCl)c(OC)c(CCl)c1. The van der Waals surface area contributed by atoms with E-state index in [4.69, 9.17) is 32.7 Å². The van der Waals surface area contributed by atoms with Crippen LogP contribution in [0, 0.1) is 0 Å². The second-order valence-corrected chi connectivity index (χ2v) is 3.28. The summed E-state index contributed by atoms with van der Waals surface area (Å²) in [5, 5.41) is 0. The van der Waals surface area contributed by atoms with E-state index < -0.39 is 0 Å². The van der Waals surface area contributed by atoms with Crippen molar-refractivity contribution in [3.8, 4) is 11.5 Å². The fraction of sp³-hybridized carbons (Fsp3) is 0.400. The van der Waals surface area contributed by atoms with E-state index in [0.717, 1.165) is 22.6 Å². The molecule has 0 aliphatic rings. The Morgan fingerprint density at radius 1 is 1.00 bits per heavy atom. The van der Waals surface area contributed by atoms with Gasteiger partial charge in [0.15, 0.2) is 0 Å². The van der Waals surface area contributed by atoms with E-state index in [1.807, 2.05) is 12.1 Å². The third kappa shape index (κ3) is 2.25. The Morgan fingerprint density at radius 3 is 1.79 bits per heavy atom. The molecule has 1 rings (SSSR count). The van der Waals surface area contributed by atoms with Gasteiger partial charge in [0.2, 0.25) is 0 Å². The molecule has 1 aromatic rings. The molecule has 0 radical (unpaired) electrons. The number of ether oxygens (including phenoxy) is 2. The average molecular weight is 235 g/mol. The first-order chi connectivity index (χ1) is 6.76. The maximum atomic E-state index is 5.79. The molecule has 0 aliphatic carbocycles. The molecule has 4 heteroatoms. The highest BCUT2D eigenvalue weighted by molar-refractivity contribution is 6.18. The van der Waals surface area contributed by atoms with Gasteiger partial charge in [-0.25, -0.2) is 0 Å². The monoisotopic (exact) mass is 234 g/mol. The Morgan fingerprint density at radius 2 is 1.50 bits per heavy atom. The Hall–Kier alpha value is -0.600. The van der Waals surface area contributed by atoms with Crippen molar-refractivity contribution in [2.75, 3.05) is 14.2 Å². The van der Waals surface area contributed by atoms with E-state index in [1.54, 1.807) is 14.2 Å². The van der Waals surface area contributed by atoms with Crippen molar-refractivity contribution in [2.24, 2.45) is 0 Å². The molecular weight excluding hydrogens is 223 g/mol. The average Bonchev–Trinajstić information content (AvgIpc) is 2.26. The minimum Gasteiger partial charge on any atom is -0.497 e. The second kappa shape index (κ2) is 5.32. The van der Waals surface area contributed by atoms with Crippen LogP contribution in [0.25, 0.3) is 0 Å². The topological polar surface area (TPSA) is 18.5 Å². The number of rotatable bonds is 4. The molecule has 0 bridgehead atoms. The van der Waals surface area contributed by atoms with Crippen LogP contribution >= 0.6 is 23.2 Å². The van der Waals surface area contributed by atoms with Gasteiger partial charge in [-0.2, -0.15) is 0 Å². The van der Waals surface area contributed by atoms with E-state index in [2.05, 4.69) is 0 Å². The summed E-state index contributed by atoms with van der Waals surface area (Å²) in [4.78, 5) is 0. The zero-order chi connectivity index (χ0) is 10.6. The van der Waals surface area contributed by atoms with Crippen LogP contribution in [0.15, 0.2) is 12.1 Å². The van der Waals surface area contributed by atoms with E-state index in [-0.39, 0.29) is 0 Å². The van der Waals surface area contributed by atoms with Crippen LogP contribution < -0.4 is 9.47 Å². The molecule has 0 atom stereocenters. The van der Waals surface area contributed by atoms with E-state index in [1.165, 1.54) is 0 Å². The highest BCUT2D eigenvalue weighted by atomic mass is 35.5. The predicted molar refractivity (Wildman–Crippen MR) is 58.7 cm³/mol. The highest BCUT2D eigenvalue weighted by Gasteiger charge is 2.10. The lowest BCUT2D eigenvalue weighted by Gasteiger charge is -2.12. The Labute approximate surface area is 93.7 Å². The summed E-state index contributed by atoms with van der Waals surface area (Å²) in [7, 11) is 3.21. The molecule has 2 nitrogen and oxygen atoms in total. The van der Waals surface area contributed by atoms with Crippen molar-refractivity contribution in [1.82, 2.24) is 0 Å². The van der Waals surface area contributed by atoms with Crippen molar-refractivity contribution in [2.45, 2.75) is 11.8 Å². The Balaban J connectivity index is 3.24. The largest absolute Gasteiger partial charge is 0.497 e. The van der Waals surface area contributed by atoms with E-state index in [0.29, 0.717) is 11.8 Å². The summed E-state index contributed by atoms with van der Waals surface area (Å²) in [6.45, 7) is 0. The quantitative estimate of drug-likeness (QED) is 0.746. The zero-order valence-corrected chi connectivity index (χ0v) is 9.65. The lowest BCUT2D eigenvalue weighted by molar-refractivity contribution is 0.397. The fourth-order valence-corrected chi connectivity index (χ4v) is 1.70. The summed E-state index contributed by atoms with van der Waals surface area (Å²) < 4.78 is 10.4. The molecule has 0 aromatic heterocycles. The first-order valence-electron chi connectivity index (χ1n) is 4.12. The fourth-order valence-electron chi connectivity index (χ4n) is 1.30. The molecule has 0 fully saturated rings.